The third-order valence-corrected chi connectivity index (χ3v) is 4.59. The van der Waals surface area contributed by atoms with Crippen LogP contribution in [0.3, 0.4) is 0 Å². The quantitative estimate of drug-likeness (QED) is 0.874. The van der Waals surface area contributed by atoms with Gasteiger partial charge in [-0.25, -0.2) is 0 Å². The maximum atomic E-state index is 12.5. The highest BCUT2D eigenvalue weighted by Crippen LogP contribution is 2.33. The molecule has 1 aliphatic heterocycles. The Bertz CT molecular complexity index is 826. The molecule has 2 aromatic rings. The normalized spacial score (nSPS) is 16.8. The van der Waals surface area contributed by atoms with Crippen LogP contribution in [-0.4, -0.2) is 25.5 Å². The summed E-state index contributed by atoms with van der Waals surface area (Å²) in [6.07, 6.45) is 0.124. The van der Waals surface area contributed by atoms with E-state index in [1.165, 1.54) is 4.90 Å². The number of hydrogen-bond donors (Lipinski definition) is 1. The highest BCUT2D eigenvalue weighted by molar-refractivity contribution is 6.36. The van der Waals surface area contributed by atoms with E-state index in [0.29, 0.717) is 27.2 Å². The van der Waals surface area contributed by atoms with Crippen LogP contribution in [0.2, 0.25) is 10.0 Å². The fourth-order valence-electron chi connectivity index (χ4n) is 2.75. The Morgan fingerprint density at radius 1 is 1.24 bits per heavy atom. The van der Waals surface area contributed by atoms with Crippen molar-refractivity contribution >= 4 is 46.4 Å². The topological polar surface area (TPSA) is 58.6 Å². The molecule has 0 aromatic heterocycles. The smallest absolute Gasteiger partial charge is 0.229 e. The van der Waals surface area contributed by atoms with Crippen LogP contribution in [0.15, 0.2) is 42.5 Å². The Balaban J connectivity index is 1.73. The van der Waals surface area contributed by atoms with Gasteiger partial charge in [-0.1, -0.05) is 29.3 Å². The highest BCUT2D eigenvalue weighted by Gasteiger charge is 2.36. The maximum Gasteiger partial charge on any atom is 0.229 e. The molecular formula is C18H16Cl2N2O3. The zero-order chi connectivity index (χ0) is 18.0. The minimum absolute atomic E-state index is 0.124. The highest BCUT2D eigenvalue weighted by atomic mass is 35.5. The number of hydrogen-bond acceptors (Lipinski definition) is 3. The van der Waals surface area contributed by atoms with Crippen molar-refractivity contribution in [1.29, 1.82) is 0 Å². The van der Waals surface area contributed by atoms with E-state index in [0.717, 1.165) is 0 Å². The molecule has 2 amide bonds. The zero-order valence-electron chi connectivity index (χ0n) is 13.5. The number of carbonyl (C=O) groups excluding carboxylic acids is 2. The Labute approximate surface area is 155 Å². The van der Waals surface area contributed by atoms with Crippen LogP contribution in [0.25, 0.3) is 0 Å². The van der Waals surface area contributed by atoms with Crippen molar-refractivity contribution in [2.24, 2.45) is 5.92 Å². The van der Waals surface area contributed by atoms with E-state index in [1.54, 1.807) is 49.6 Å². The van der Waals surface area contributed by atoms with Gasteiger partial charge in [0.05, 0.1) is 23.7 Å². The molecule has 1 heterocycles. The fourth-order valence-corrected chi connectivity index (χ4v) is 3.14. The molecule has 0 saturated carbocycles. The summed E-state index contributed by atoms with van der Waals surface area (Å²) in [5.41, 5.74) is 1.15. The number of nitrogens with one attached hydrogen (secondary N) is 1. The van der Waals surface area contributed by atoms with Gasteiger partial charge in [0, 0.05) is 29.7 Å². The maximum absolute atomic E-state index is 12.5. The third kappa shape index (κ3) is 3.89. The molecule has 7 heteroatoms. The Hall–Kier alpha value is -2.24. The van der Waals surface area contributed by atoms with E-state index >= 15 is 0 Å². The van der Waals surface area contributed by atoms with Gasteiger partial charge < -0.3 is 15.0 Å². The molecular weight excluding hydrogens is 363 g/mol. The summed E-state index contributed by atoms with van der Waals surface area (Å²) in [7, 11) is 1.56. The van der Waals surface area contributed by atoms with Gasteiger partial charge in [0.2, 0.25) is 11.8 Å². The third-order valence-electron chi connectivity index (χ3n) is 4.03. The predicted octanol–water partition coefficient (Wildman–Crippen LogP) is 3.99. The summed E-state index contributed by atoms with van der Waals surface area (Å²) >= 11 is 12.2. The number of carbonyl (C=O) groups is 2. The van der Waals surface area contributed by atoms with Crippen molar-refractivity contribution in [2.45, 2.75) is 6.42 Å². The zero-order valence-corrected chi connectivity index (χ0v) is 15.0. The Morgan fingerprint density at radius 3 is 2.80 bits per heavy atom. The second-order valence-corrected chi connectivity index (χ2v) is 6.57. The summed E-state index contributed by atoms with van der Waals surface area (Å²) in [6.45, 7) is 0.259. The largest absolute Gasteiger partial charge is 0.497 e. The lowest BCUT2D eigenvalue weighted by molar-refractivity contribution is -0.122. The average Bonchev–Trinajstić information content (AvgIpc) is 2.99. The van der Waals surface area contributed by atoms with E-state index in [-0.39, 0.29) is 24.8 Å². The van der Waals surface area contributed by atoms with Crippen LogP contribution >= 0.6 is 23.2 Å². The first-order chi connectivity index (χ1) is 12.0. The van der Waals surface area contributed by atoms with Crippen molar-refractivity contribution in [1.82, 2.24) is 0 Å². The summed E-state index contributed by atoms with van der Waals surface area (Å²) in [5.74, 6) is -0.196. The number of ether oxygens (including phenoxy) is 1. The lowest BCUT2D eigenvalue weighted by atomic mass is 10.1. The number of benzene rings is 2. The Kier molecular flexibility index (Phi) is 5.16. The molecule has 0 unspecified atom stereocenters. The van der Waals surface area contributed by atoms with E-state index < -0.39 is 5.92 Å². The lowest BCUT2D eigenvalue weighted by Crippen LogP contribution is -2.28. The standard InChI is InChI=1S/C18H16Cl2N2O3/c1-25-14-4-2-3-13(9-14)21-18(24)11-7-17(23)22(10-11)16-8-12(19)5-6-15(16)20/h2-6,8-9,11H,7,10H2,1H3,(H,21,24)/t11-/m1/s1. The fraction of sp³-hybridized carbons (Fsp3) is 0.222. The number of amides is 2. The molecule has 0 spiro atoms. The first kappa shape index (κ1) is 17.6. The Morgan fingerprint density at radius 2 is 2.04 bits per heavy atom. The van der Waals surface area contributed by atoms with Crippen molar-refractivity contribution < 1.29 is 14.3 Å². The molecule has 0 radical (unpaired) electrons. The molecule has 0 aliphatic carbocycles. The molecule has 1 fully saturated rings. The molecule has 1 atom stereocenters. The van der Waals surface area contributed by atoms with Crippen LogP contribution in [0, 0.1) is 5.92 Å². The monoisotopic (exact) mass is 378 g/mol. The summed E-state index contributed by atoms with van der Waals surface area (Å²) in [4.78, 5) is 26.3. The van der Waals surface area contributed by atoms with Crippen molar-refractivity contribution in [3.05, 3.63) is 52.5 Å². The van der Waals surface area contributed by atoms with Crippen LogP contribution in [0.5, 0.6) is 5.75 Å². The van der Waals surface area contributed by atoms with Crippen molar-refractivity contribution in [2.75, 3.05) is 23.9 Å². The molecule has 2 aromatic carbocycles. The van der Waals surface area contributed by atoms with Crippen molar-refractivity contribution in [3.8, 4) is 5.75 Å². The second-order valence-electron chi connectivity index (χ2n) is 5.72. The first-order valence-electron chi connectivity index (χ1n) is 7.68. The average molecular weight is 379 g/mol. The minimum Gasteiger partial charge on any atom is -0.497 e. The van der Waals surface area contributed by atoms with Gasteiger partial charge in [-0.3, -0.25) is 9.59 Å². The van der Waals surface area contributed by atoms with Gasteiger partial charge in [-0.05, 0) is 30.3 Å². The van der Waals surface area contributed by atoms with Crippen LogP contribution in [0.1, 0.15) is 6.42 Å². The van der Waals surface area contributed by atoms with E-state index in [4.69, 9.17) is 27.9 Å². The molecule has 25 heavy (non-hydrogen) atoms. The van der Waals surface area contributed by atoms with E-state index in [9.17, 15) is 9.59 Å². The van der Waals surface area contributed by atoms with Crippen LogP contribution in [0.4, 0.5) is 11.4 Å². The molecule has 5 nitrogen and oxygen atoms in total. The summed E-state index contributed by atoms with van der Waals surface area (Å²) in [6, 6.07) is 12.0. The summed E-state index contributed by atoms with van der Waals surface area (Å²) in [5, 5.41) is 3.73. The van der Waals surface area contributed by atoms with Gasteiger partial charge in [0.1, 0.15) is 5.75 Å². The van der Waals surface area contributed by atoms with Crippen LogP contribution in [-0.2, 0) is 9.59 Å². The first-order valence-corrected chi connectivity index (χ1v) is 8.44. The number of rotatable bonds is 4. The van der Waals surface area contributed by atoms with Crippen LogP contribution < -0.4 is 15.0 Å². The second kappa shape index (κ2) is 7.33. The molecule has 1 N–H and O–H groups in total. The van der Waals surface area contributed by atoms with Gasteiger partial charge >= 0.3 is 0 Å². The van der Waals surface area contributed by atoms with Gasteiger partial charge in [-0.15, -0.1) is 0 Å². The molecule has 130 valence electrons. The predicted molar refractivity (Wildman–Crippen MR) is 98.5 cm³/mol. The molecule has 0 bridgehead atoms. The molecule has 1 aliphatic rings. The summed E-state index contributed by atoms with van der Waals surface area (Å²) < 4.78 is 5.14. The number of halogens is 2. The SMILES string of the molecule is COc1cccc(NC(=O)[C@@H]2CC(=O)N(c3cc(Cl)ccc3Cl)C2)c1. The van der Waals surface area contributed by atoms with Gasteiger partial charge in [0.15, 0.2) is 0 Å². The minimum atomic E-state index is -0.464. The van der Waals surface area contributed by atoms with E-state index in [1.807, 2.05) is 0 Å². The number of methoxy groups -OCH3 is 1. The van der Waals surface area contributed by atoms with Crippen molar-refractivity contribution in [3.63, 3.8) is 0 Å². The number of nitrogens with zero attached hydrogens (tertiary/aromatic N) is 1. The van der Waals surface area contributed by atoms with E-state index in [2.05, 4.69) is 5.32 Å². The molecule has 1 saturated heterocycles. The van der Waals surface area contributed by atoms with Gasteiger partial charge in [-0.2, -0.15) is 0 Å². The molecule has 3 rings (SSSR count). The van der Waals surface area contributed by atoms with Gasteiger partial charge in [0.25, 0.3) is 0 Å². The lowest BCUT2D eigenvalue weighted by Gasteiger charge is -2.18. The number of anilines is 2.